The molecular weight excluding hydrogens is 280 g/mol. The molecule has 0 fully saturated rings. The Labute approximate surface area is 98.3 Å². The van der Waals surface area contributed by atoms with E-state index >= 15 is 0 Å². The van der Waals surface area contributed by atoms with E-state index in [-0.39, 0.29) is 5.56 Å². The SMILES string of the molecule is O=C(O)c1cc(Br)n(Cc2cscn2)c1. The highest BCUT2D eigenvalue weighted by molar-refractivity contribution is 9.10. The average Bonchev–Trinajstić information content (AvgIpc) is 2.77. The van der Waals surface area contributed by atoms with E-state index in [1.165, 1.54) is 11.3 Å². The van der Waals surface area contributed by atoms with Gasteiger partial charge < -0.3 is 9.67 Å². The second kappa shape index (κ2) is 4.16. The summed E-state index contributed by atoms with van der Waals surface area (Å²) in [5.74, 6) is -0.923. The van der Waals surface area contributed by atoms with Crippen molar-refractivity contribution in [2.45, 2.75) is 6.54 Å². The number of aromatic carboxylic acids is 1. The highest BCUT2D eigenvalue weighted by Gasteiger charge is 2.09. The molecule has 0 saturated heterocycles. The maximum Gasteiger partial charge on any atom is 0.337 e. The van der Waals surface area contributed by atoms with Crippen molar-refractivity contribution >= 4 is 33.2 Å². The van der Waals surface area contributed by atoms with Crippen LogP contribution in [0.3, 0.4) is 0 Å². The predicted octanol–water partition coefficient (Wildman–Crippen LogP) is 2.45. The Balaban J connectivity index is 2.25. The van der Waals surface area contributed by atoms with Crippen LogP contribution in [-0.2, 0) is 6.54 Å². The number of nitrogens with zero attached hydrogens (tertiary/aromatic N) is 2. The van der Waals surface area contributed by atoms with Crippen LogP contribution in [0.15, 0.2) is 27.8 Å². The van der Waals surface area contributed by atoms with Crippen LogP contribution in [0.25, 0.3) is 0 Å². The molecule has 4 nitrogen and oxygen atoms in total. The molecule has 0 spiro atoms. The summed E-state index contributed by atoms with van der Waals surface area (Å²) in [7, 11) is 0. The lowest BCUT2D eigenvalue weighted by Crippen LogP contribution is -1.99. The Kier molecular flexibility index (Phi) is 2.88. The van der Waals surface area contributed by atoms with Crippen LogP contribution >= 0.6 is 27.3 Å². The van der Waals surface area contributed by atoms with Crippen molar-refractivity contribution in [2.75, 3.05) is 0 Å². The molecule has 0 bridgehead atoms. The fourth-order valence-corrected chi connectivity index (χ4v) is 2.23. The number of halogens is 1. The second-order valence-electron chi connectivity index (χ2n) is 2.96. The first-order valence-electron chi connectivity index (χ1n) is 4.13. The molecule has 2 aromatic rings. The van der Waals surface area contributed by atoms with Crippen molar-refractivity contribution in [2.24, 2.45) is 0 Å². The summed E-state index contributed by atoms with van der Waals surface area (Å²) >= 11 is 4.83. The summed E-state index contributed by atoms with van der Waals surface area (Å²) in [6, 6.07) is 1.58. The quantitative estimate of drug-likeness (QED) is 0.943. The van der Waals surface area contributed by atoms with Crippen LogP contribution in [0, 0.1) is 0 Å². The number of carbonyl (C=O) groups is 1. The van der Waals surface area contributed by atoms with Crippen LogP contribution in [-0.4, -0.2) is 20.6 Å². The summed E-state index contributed by atoms with van der Waals surface area (Å²) in [6.45, 7) is 0.581. The summed E-state index contributed by atoms with van der Waals surface area (Å²) in [5.41, 5.74) is 2.95. The third kappa shape index (κ3) is 2.27. The first-order valence-corrected chi connectivity index (χ1v) is 5.86. The third-order valence-corrected chi connectivity index (χ3v) is 3.23. The van der Waals surface area contributed by atoms with Gasteiger partial charge in [0, 0.05) is 11.6 Å². The molecule has 15 heavy (non-hydrogen) atoms. The van der Waals surface area contributed by atoms with Crippen molar-refractivity contribution < 1.29 is 9.90 Å². The molecule has 1 N–H and O–H groups in total. The van der Waals surface area contributed by atoms with Gasteiger partial charge in [-0.05, 0) is 22.0 Å². The smallest absolute Gasteiger partial charge is 0.337 e. The fraction of sp³-hybridized carbons (Fsp3) is 0.111. The largest absolute Gasteiger partial charge is 0.478 e. The lowest BCUT2D eigenvalue weighted by atomic mass is 10.4. The zero-order valence-electron chi connectivity index (χ0n) is 7.55. The average molecular weight is 287 g/mol. The van der Waals surface area contributed by atoms with Crippen molar-refractivity contribution in [1.82, 2.24) is 9.55 Å². The van der Waals surface area contributed by atoms with Gasteiger partial charge in [0.1, 0.15) is 0 Å². The number of carboxylic acids is 1. The van der Waals surface area contributed by atoms with Gasteiger partial charge in [0.05, 0.1) is 27.9 Å². The number of hydrogen-bond donors (Lipinski definition) is 1. The first-order chi connectivity index (χ1) is 7.16. The minimum atomic E-state index is -0.923. The van der Waals surface area contributed by atoms with E-state index < -0.39 is 5.97 Å². The second-order valence-corrected chi connectivity index (χ2v) is 4.50. The van der Waals surface area contributed by atoms with Crippen molar-refractivity contribution in [3.05, 3.63) is 39.0 Å². The van der Waals surface area contributed by atoms with Gasteiger partial charge in [0.25, 0.3) is 0 Å². The minimum Gasteiger partial charge on any atom is -0.478 e. The Morgan fingerprint density at radius 2 is 2.47 bits per heavy atom. The topological polar surface area (TPSA) is 55.1 Å². The van der Waals surface area contributed by atoms with E-state index in [4.69, 9.17) is 5.11 Å². The monoisotopic (exact) mass is 286 g/mol. The summed E-state index contributed by atoms with van der Waals surface area (Å²) < 4.78 is 2.55. The molecule has 0 amide bonds. The highest BCUT2D eigenvalue weighted by Crippen LogP contribution is 2.17. The summed E-state index contributed by atoms with van der Waals surface area (Å²) in [5, 5.41) is 10.7. The van der Waals surface area contributed by atoms with Crippen LogP contribution in [0.4, 0.5) is 0 Å². The van der Waals surface area contributed by atoms with E-state index in [9.17, 15) is 4.79 Å². The maximum absolute atomic E-state index is 10.7. The molecule has 2 rings (SSSR count). The van der Waals surface area contributed by atoms with Gasteiger partial charge in [-0.3, -0.25) is 0 Å². The molecule has 6 heteroatoms. The van der Waals surface area contributed by atoms with E-state index in [0.717, 1.165) is 10.3 Å². The molecule has 0 atom stereocenters. The highest BCUT2D eigenvalue weighted by atomic mass is 79.9. The lowest BCUT2D eigenvalue weighted by Gasteiger charge is -2.00. The molecule has 0 radical (unpaired) electrons. The predicted molar refractivity (Wildman–Crippen MR) is 60.3 cm³/mol. The number of hydrogen-bond acceptors (Lipinski definition) is 3. The van der Waals surface area contributed by atoms with Crippen LogP contribution in [0.2, 0.25) is 0 Å². The molecule has 0 aliphatic carbocycles. The summed E-state index contributed by atoms with van der Waals surface area (Å²) in [6.07, 6.45) is 1.59. The van der Waals surface area contributed by atoms with Gasteiger partial charge in [0.2, 0.25) is 0 Å². The molecule has 0 aromatic carbocycles. The van der Waals surface area contributed by atoms with Gasteiger partial charge in [0.15, 0.2) is 0 Å². The molecule has 0 unspecified atom stereocenters. The van der Waals surface area contributed by atoms with E-state index in [0.29, 0.717) is 6.54 Å². The van der Waals surface area contributed by atoms with Crippen LogP contribution < -0.4 is 0 Å². The van der Waals surface area contributed by atoms with Gasteiger partial charge in [-0.25, -0.2) is 9.78 Å². The molecule has 2 heterocycles. The number of rotatable bonds is 3. The van der Waals surface area contributed by atoms with E-state index in [1.54, 1.807) is 22.3 Å². The molecule has 0 aliphatic heterocycles. The molecule has 2 aromatic heterocycles. The first kappa shape index (κ1) is 10.4. The van der Waals surface area contributed by atoms with Crippen LogP contribution in [0.5, 0.6) is 0 Å². The van der Waals surface area contributed by atoms with Gasteiger partial charge in [-0.1, -0.05) is 0 Å². The lowest BCUT2D eigenvalue weighted by molar-refractivity contribution is 0.0697. The van der Waals surface area contributed by atoms with Gasteiger partial charge in [-0.15, -0.1) is 11.3 Å². The zero-order valence-corrected chi connectivity index (χ0v) is 9.96. The maximum atomic E-state index is 10.7. The Morgan fingerprint density at radius 3 is 3.00 bits per heavy atom. The molecular formula is C9H7BrN2O2S. The van der Waals surface area contributed by atoms with E-state index in [1.807, 2.05) is 5.38 Å². The minimum absolute atomic E-state index is 0.275. The van der Waals surface area contributed by atoms with Gasteiger partial charge >= 0.3 is 5.97 Å². The number of carboxylic acid groups (broad SMARTS) is 1. The van der Waals surface area contributed by atoms with E-state index in [2.05, 4.69) is 20.9 Å². The van der Waals surface area contributed by atoms with Crippen molar-refractivity contribution in [1.29, 1.82) is 0 Å². The summed E-state index contributed by atoms with van der Waals surface area (Å²) in [4.78, 5) is 14.9. The third-order valence-electron chi connectivity index (χ3n) is 1.91. The van der Waals surface area contributed by atoms with Crippen molar-refractivity contribution in [3.8, 4) is 0 Å². The Hall–Kier alpha value is -1.14. The Morgan fingerprint density at radius 1 is 1.67 bits per heavy atom. The van der Waals surface area contributed by atoms with Crippen molar-refractivity contribution in [3.63, 3.8) is 0 Å². The fourth-order valence-electron chi connectivity index (χ4n) is 1.21. The molecule has 0 saturated carbocycles. The Bertz CT molecular complexity index is 478. The van der Waals surface area contributed by atoms with Gasteiger partial charge in [-0.2, -0.15) is 0 Å². The van der Waals surface area contributed by atoms with Crippen LogP contribution in [0.1, 0.15) is 16.1 Å². The number of thiazole rings is 1. The standard InChI is InChI=1S/C9H7BrN2O2S/c10-8-1-6(9(13)14)2-12(8)3-7-4-15-5-11-7/h1-2,4-5H,3H2,(H,13,14). The number of aromatic nitrogens is 2. The normalized spacial score (nSPS) is 10.5. The zero-order chi connectivity index (χ0) is 10.8. The molecule has 0 aliphatic rings. The molecule has 78 valence electrons.